The van der Waals surface area contributed by atoms with E-state index >= 15 is 0 Å². The maximum Gasteiger partial charge on any atom is 0.417 e. The molecule has 6 N–H and O–H groups in total. The van der Waals surface area contributed by atoms with Crippen LogP contribution in [-0.2, 0) is 15.7 Å². The molecule has 41 heavy (non-hydrogen) atoms. The average molecular weight is 572 g/mol. The number of alkyl halides is 3. The summed E-state index contributed by atoms with van der Waals surface area (Å²) < 4.78 is 45.4. The minimum atomic E-state index is -4.62. The lowest BCUT2D eigenvalue weighted by Gasteiger charge is -2.31. The fraction of sp³-hybridized carbons (Fsp3) is 0.296. The number of morpholine rings is 1. The smallest absolute Gasteiger partial charge is 0.378 e. The molecule has 14 heteroatoms. The summed E-state index contributed by atoms with van der Waals surface area (Å²) in [5.41, 5.74) is 6.36. The molecule has 0 radical (unpaired) electrons. The molecule has 0 bridgehead atoms. The van der Waals surface area contributed by atoms with E-state index in [0.29, 0.717) is 49.5 Å². The largest absolute Gasteiger partial charge is 0.417 e. The molecule has 2 aromatic carbocycles. The lowest BCUT2D eigenvalue weighted by atomic mass is 10.0. The number of para-hydroxylation sites is 1. The molecular formula is C27H28F3N7O4. The zero-order valence-corrected chi connectivity index (χ0v) is 21.6. The molecule has 0 saturated carbocycles. The van der Waals surface area contributed by atoms with Crippen LogP contribution in [0.2, 0.25) is 0 Å². The molecule has 2 aliphatic heterocycles. The second-order valence-corrected chi connectivity index (χ2v) is 9.27. The van der Waals surface area contributed by atoms with E-state index in [4.69, 9.17) is 4.74 Å². The van der Waals surface area contributed by atoms with Gasteiger partial charge in [0.05, 0.1) is 35.9 Å². The Kier molecular flexibility index (Phi) is 8.58. The van der Waals surface area contributed by atoms with E-state index < -0.39 is 36.4 Å². The van der Waals surface area contributed by atoms with E-state index in [-0.39, 0.29) is 11.4 Å². The molecule has 1 amide bonds. The Hall–Kier alpha value is -3.92. The van der Waals surface area contributed by atoms with E-state index in [2.05, 4.69) is 31.5 Å². The Bertz CT molecular complexity index is 1400. The first-order valence-corrected chi connectivity index (χ1v) is 12.8. The van der Waals surface area contributed by atoms with Gasteiger partial charge in [0.15, 0.2) is 18.7 Å². The number of pyridine rings is 1. The number of anilines is 2. The highest BCUT2D eigenvalue weighted by Gasteiger charge is 2.34. The molecule has 1 aromatic heterocycles. The van der Waals surface area contributed by atoms with Gasteiger partial charge in [-0.25, -0.2) is 16.2 Å². The molecule has 3 heterocycles. The lowest BCUT2D eigenvalue weighted by molar-refractivity contribution is -0.137. The number of aliphatic hydroxyl groups excluding tert-OH is 2. The van der Waals surface area contributed by atoms with Crippen molar-refractivity contribution in [2.24, 2.45) is 4.99 Å². The fourth-order valence-corrected chi connectivity index (χ4v) is 4.50. The SMILES string of the molecule is O=C1Nc2ccccc2C(c2ccccc2)=N[C@@H]1NC(O)NNC(O)c1ncc(C(F)(F)F)cc1N1CCOCC1. The van der Waals surface area contributed by atoms with E-state index in [1.54, 1.807) is 17.0 Å². The number of ether oxygens (including phenoxy) is 1. The molecule has 3 atom stereocenters. The fourth-order valence-electron chi connectivity index (χ4n) is 4.50. The summed E-state index contributed by atoms with van der Waals surface area (Å²) >= 11 is 0. The Morgan fingerprint density at radius 2 is 1.73 bits per heavy atom. The average Bonchev–Trinajstić information content (AvgIpc) is 3.12. The van der Waals surface area contributed by atoms with Crippen molar-refractivity contribution in [3.05, 3.63) is 89.2 Å². The van der Waals surface area contributed by atoms with Crippen molar-refractivity contribution >= 4 is 23.0 Å². The maximum absolute atomic E-state index is 13.4. The van der Waals surface area contributed by atoms with Gasteiger partial charge >= 0.3 is 6.18 Å². The second-order valence-electron chi connectivity index (χ2n) is 9.27. The number of hydrazine groups is 1. The molecule has 1 fully saturated rings. The third-order valence-corrected chi connectivity index (χ3v) is 6.50. The molecule has 3 aromatic rings. The number of nitrogens with zero attached hydrogens (tertiary/aromatic N) is 3. The van der Waals surface area contributed by atoms with Gasteiger partial charge < -0.3 is 25.2 Å². The third-order valence-electron chi connectivity index (χ3n) is 6.50. The molecular weight excluding hydrogens is 543 g/mol. The zero-order chi connectivity index (χ0) is 29.0. The number of amides is 1. The van der Waals surface area contributed by atoms with Gasteiger partial charge in [-0.15, -0.1) is 0 Å². The molecule has 2 unspecified atom stereocenters. The number of hydrogen-bond acceptors (Lipinski definition) is 10. The van der Waals surface area contributed by atoms with Crippen LogP contribution in [0, 0.1) is 0 Å². The highest BCUT2D eigenvalue weighted by atomic mass is 19.4. The number of carbonyl (C=O) groups is 1. The van der Waals surface area contributed by atoms with Gasteiger partial charge in [0, 0.05) is 30.4 Å². The Balaban J connectivity index is 1.32. The van der Waals surface area contributed by atoms with Crippen LogP contribution >= 0.6 is 0 Å². The van der Waals surface area contributed by atoms with Crippen LogP contribution in [0.5, 0.6) is 0 Å². The van der Waals surface area contributed by atoms with Crippen molar-refractivity contribution in [2.75, 3.05) is 36.5 Å². The molecule has 1 saturated heterocycles. The first kappa shape index (κ1) is 28.6. The monoisotopic (exact) mass is 571 g/mol. The lowest BCUT2D eigenvalue weighted by Crippen LogP contribution is -2.55. The predicted molar refractivity (Wildman–Crippen MR) is 144 cm³/mol. The van der Waals surface area contributed by atoms with Gasteiger partial charge in [-0.05, 0) is 12.1 Å². The van der Waals surface area contributed by atoms with Crippen LogP contribution in [0.1, 0.15) is 28.6 Å². The number of aliphatic imine (C=N–C) groups is 1. The number of carbonyl (C=O) groups excluding carboxylic acids is 1. The number of benzene rings is 2. The number of benzodiazepines with no additional fused rings is 1. The number of hydrogen-bond donors (Lipinski definition) is 6. The van der Waals surface area contributed by atoms with E-state index in [9.17, 15) is 28.2 Å². The first-order chi connectivity index (χ1) is 19.7. The Labute approximate surface area is 233 Å². The van der Waals surface area contributed by atoms with Crippen LogP contribution in [0.3, 0.4) is 0 Å². The van der Waals surface area contributed by atoms with Gasteiger partial charge in [0.1, 0.15) is 5.69 Å². The third kappa shape index (κ3) is 6.70. The van der Waals surface area contributed by atoms with Crippen LogP contribution in [0.25, 0.3) is 0 Å². The second kappa shape index (κ2) is 12.3. The highest BCUT2D eigenvalue weighted by molar-refractivity contribution is 6.19. The van der Waals surface area contributed by atoms with Crippen molar-refractivity contribution < 1.29 is 32.9 Å². The van der Waals surface area contributed by atoms with Gasteiger partial charge in [-0.3, -0.25) is 14.8 Å². The summed E-state index contributed by atoms with van der Waals surface area (Å²) in [5.74, 6) is -0.538. The molecule has 0 spiro atoms. The van der Waals surface area contributed by atoms with Gasteiger partial charge in [0.2, 0.25) is 0 Å². The number of fused-ring (bicyclic) bond motifs is 1. The van der Waals surface area contributed by atoms with Crippen molar-refractivity contribution in [3.63, 3.8) is 0 Å². The Morgan fingerprint density at radius 3 is 2.46 bits per heavy atom. The quantitative estimate of drug-likeness (QED) is 0.176. The van der Waals surface area contributed by atoms with E-state index in [0.717, 1.165) is 11.6 Å². The van der Waals surface area contributed by atoms with Gasteiger partial charge in [-0.2, -0.15) is 13.2 Å². The Morgan fingerprint density at radius 1 is 1.02 bits per heavy atom. The molecule has 5 rings (SSSR count). The summed E-state index contributed by atoms with van der Waals surface area (Å²) in [6, 6.07) is 17.3. The van der Waals surface area contributed by atoms with Crippen molar-refractivity contribution in [2.45, 2.75) is 24.9 Å². The molecule has 216 valence electrons. The summed E-state index contributed by atoms with van der Waals surface area (Å²) in [5, 5.41) is 26.8. The van der Waals surface area contributed by atoms with Crippen molar-refractivity contribution in [1.82, 2.24) is 21.2 Å². The number of halogens is 3. The summed E-state index contributed by atoms with van der Waals surface area (Å²) in [4.78, 5) is 23.0. The summed E-state index contributed by atoms with van der Waals surface area (Å²) in [7, 11) is 0. The summed E-state index contributed by atoms with van der Waals surface area (Å²) in [6.45, 7) is 1.22. The van der Waals surface area contributed by atoms with Gasteiger partial charge in [0.25, 0.3) is 5.91 Å². The van der Waals surface area contributed by atoms with E-state index in [1.807, 2.05) is 42.5 Å². The number of rotatable bonds is 8. The highest BCUT2D eigenvalue weighted by Crippen LogP contribution is 2.34. The topological polar surface area (TPSA) is 143 Å². The normalized spacial score (nSPS) is 19.0. The maximum atomic E-state index is 13.4. The minimum Gasteiger partial charge on any atom is -0.378 e. The van der Waals surface area contributed by atoms with Crippen LogP contribution in [0.15, 0.2) is 71.9 Å². The zero-order valence-electron chi connectivity index (χ0n) is 21.6. The van der Waals surface area contributed by atoms with Crippen molar-refractivity contribution in [1.29, 1.82) is 0 Å². The molecule has 2 aliphatic rings. The molecule has 11 nitrogen and oxygen atoms in total. The summed E-state index contributed by atoms with van der Waals surface area (Å²) in [6.07, 6.45) is -8.48. The standard InChI is InChI=1S/C27H28F3N7O4/c28-27(29,30)17-14-20(37-10-12-41-13-11-37)22(31-15-17)24(38)35-36-26(40)34-23-25(39)32-19-9-5-4-8-18(19)21(33-23)16-6-2-1-3-7-16/h1-9,14-15,23-24,26,34-36,38,40H,10-13H2,(H,32,39)/t23-,24?,26?/m1/s1. The molecule has 0 aliphatic carbocycles. The van der Waals surface area contributed by atoms with Crippen molar-refractivity contribution in [3.8, 4) is 0 Å². The van der Waals surface area contributed by atoms with Crippen LogP contribution in [-0.4, -0.2) is 65.6 Å². The number of nitrogens with one attached hydrogen (secondary N) is 4. The van der Waals surface area contributed by atoms with E-state index in [1.165, 1.54) is 0 Å². The van der Waals surface area contributed by atoms with Gasteiger partial charge in [-0.1, -0.05) is 48.5 Å². The predicted octanol–water partition coefficient (Wildman–Crippen LogP) is 1.70. The first-order valence-electron chi connectivity index (χ1n) is 12.8. The van der Waals surface area contributed by atoms with Crippen LogP contribution < -0.4 is 26.4 Å². The number of aromatic nitrogens is 1. The van der Waals surface area contributed by atoms with Crippen LogP contribution in [0.4, 0.5) is 24.5 Å². The minimum absolute atomic E-state index is 0.0744. The number of aliphatic hydroxyl groups is 2.